The summed E-state index contributed by atoms with van der Waals surface area (Å²) in [6.45, 7) is 2.65. The van der Waals surface area contributed by atoms with E-state index in [4.69, 9.17) is 0 Å². The first kappa shape index (κ1) is 23.1. The Morgan fingerprint density at radius 1 is 0.784 bits per heavy atom. The van der Waals surface area contributed by atoms with E-state index in [0.717, 1.165) is 27.6 Å². The summed E-state index contributed by atoms with van der Waals surface area (Å²) in [5, 5.41) is 4.75. The summed E-state index contributed by atoms with van der Waals surface area (Å²) in [6, 6.07) is 27.6. The van der Waals surface area contributed by atoms with Crippen LogP contribution in [0.2, 0.25) is 0 Å². The van der Waals surface area contributed by atoms with Crippen molar-refractivity contribution in [3.05, 3.63) is 108 Å². The number of alkyl halides is 3. The van der Waals surface area contributed by atoms with E-state index < -0.39 is 6.36 Å². The van der Waals surface area contributed by atoms with E-state index in [1.54, 1.807) is 12.1 Å². The smallest absolute Gasteiger partial charge is 0.406 e. The van der Waals surface area contributed by atoms with Crippen LogP contribution in [-0.2, 0) is 13.6 Å². The molecule has 4 aromatic carbocycles. The summed E-state index contributed by atoms with van der Waals surface area (Å²) in [6.07, 6.45) is -0.525. The molecule has 0 fully saturated rings. The molecule has 3 nitrogen and oxygen atoms in total. The number of aryl methyl sites for hydroxylation is 2. The zero-order valence-corrected chi connectivity index (χ0v) is 20.4. The van der Waals surface area contributed by atoms with E-state index in [2.05, 4.69) is 94.7 Å². The molecule has 0 atom stereocenters. The van der Waals surface area contributed by atoms with Gasteiger partial charge in [0.1, 0.15) is 12.8 Å². The highest BCUT2D eigenvalue weighted by Crippen LogP contribution is 2.31. The van der Waals surface area contributed by atoms with Gasteiger partial charge in [0.2, 0.25) is 5.52 Å². The minimum Gasteiger partial charge on any atom is -0.406 e. The number of benzene rings is 4. The van der Waals surface area contributed by atoms with E-state index in [1.165, 1.54) is 39.4 Å². The van der Waals surface area contributed by atoms with Crippen molar-refractivity contribution < 1.29 is 22.5 Å². The number of nitrogens with zero attached hydrogens (tertiary/aromatic N) is 2. The number of halogens is 3. The molecule has 6 aromatic rings. The number of fused-ring (bicyclic) bond motifs is 4. The predicted molar refractivity (Wildman–Crippen MR) is 141 cm³/mol. The Kier molecular flexibility index (Phi) is 5.41. The Labute approximate surface area is 212 Å². The summed E-state index contributed by atoms with van der Waals surface area (Å²) in [7, 11) is 2.07. The van der Waals surface area contributed by atoms with Gasteiger partial charge in [0, 0.05) is 35.1 Å². The molecule has 6 heteroatoms. The molecule has 0 aliphatic heterocycles. The molecule has 0 radical (unpaired) electrons. The predicted octanol–water partition coefficient (Wildman–Crippen LogP) is 7.69. The van der Waals surface area contributed by atoms with E-state index >= 15 is 0 Å². The van der Waals surface area contributed by atoms with Crippen molar-refractivity contribution in [3.63, 3.8) is 0 Å². The van der Waals surface area contributed by atoms with Crippen LogP contribution in [0, 0.1) is 6.92 Å². The van der Waals surface area contributed by atoms with Gasteiger partial charge in [0.15, 0.2) is 6.20 Å². The highest BCUT2D eigenvalue weighted by molar-refractivity contribution is 6.05. The molecule has 0 bridgehead atoms. The Hall–Kier alpha value is -4.32. The van der Waals surface area contributed by atoms with Gasteiger partial charge < -0.3 is 9.30 Å². The lowest BCUT2D eigenvalue weighted by Gasteiger charge is -2.11. The van der Waals surface area contributed by atoms with Crippen LogP contribution in [0.3, 0.4) is 0 Å². The van der Waals surface area contributed by atoms with Crippen LogP contribution in [0.25, 0.3) is 43.7 Å². The lowest BCUT2D eigenvalue weighted by atomic mass is 9.98. The Bertz CT molecular complexity index is 1780. The second kappa shape index (κ2) is 8.66. The van der Waals surface area contributed by atoms with E-state index in [1.807, 2.05) is 6.20 Å². The molecule has 0 spiro atoms. The third-order valence-corrected chi connectivity index (χ3v) is 6.83. The van der Waals surface area contributed by atoms with Crippen LogP contribution < -0.4 is 9.30 Å². The number of aromatic nitrogens is 2. The molecule has 0 N–H and O–H groups in total. The van der Waals surface area contributed by atoms with E-state index in [9.17, 15) is 13.2 Å². The number of hydrogen-bond acceptors (Lipinski definition) is 1. The maximum atomic E-state index is 12.5. The SMILES string of the molecule is Cc1ccc2c[n+](C)c3ccc(-c4ccc5ccn(Cc6ccc(OC(F)(F)F)cc6)c5c4)cc3c2c1. The van der Waals surface area contributed by atoms with Crippen molar-refractivity contribution in [2.24, 2.45) is 7.05 Å². The van der Waals surface area contributed by atoms with Crippen molar-refractivity contribution in [2.45, 2.75) is 19.8 Å². The normalized spacial score (nSPS) is 12.0. The first-order valence-electron chi connectivity index (χ1n) is 12.0. The lowest BCUT2D eigenvalue weighted by Crippen LogP contribution is -2.28. The van der Waals surface area contributed by atoms with Crippen molar-refractivity contribution in [3.8, 4) is 16.9 Å². The first-order chi connectivity index (χ1) is 17.7. The number of hydrogen-bond donors (Lipinski definition) is 0. The molecule has 0 amide bonds. The van der Waals surface area contributed by atoms with Crippen LogP contribution in [0.1, 0.15) is 11.1 Å². The van der Waals surface area contributed by atoms with Gasteiger partial charge in [-0.3, -0.25) is 0 Å². The minimum absolute atomic E-state index is 0.219. The molecule has 2 heterocycles. The van der Waals surface area contributed by atoms with Crippen molar-refractivity contribution in [1.82, 2.24) is 4.57 Å². The quantitative estimate of drug-likeness (QED) is 0.180. The topological polar surface area (TPSA) is 18.0 Å². The van der Waals surface area contributed by atoms with Gasteiger partial charge >= 0.3 is 6.36 Å². The van der Waals surface area contributed by atoms with Crippen molar-refractivity contribution in [2.75, 3.05) is 0 Å². The number of rotatable bonds is 4. The van der Waals surface area contributed by atoms with Crippen LogP contribution in [0.15, 0.2) is 97.3 Å². The monoisotopic (exact) mass is 497 g/mol. The van der Waals surface area contributed by atoms with E-state index in [0.29, 0.717) is 6.54 Å². The van der Waals surface area contributed by atoms with Gasteiger partial charge in [0.05, 0.1) is 5.39 Å². The Morgan fingerprint density at radius 3 is 2.30 bits per heavy atom. The maximum Gasteiger partial charge on any atom is 0.573 e. The molecule has 0 saturated carbocycles. The molecular formula is C31H24F3N2O+. The molecular weight excluding hydrogens is 473 g/mol. The van der Waals surface area contributed by atoms with Gasteiger partial charge in [-0.2, -0.15) is 0 Å². The fourth-order valence-corrected chi connectivity index (χ4v) is 5.03. The second-order valence-electron chi connectivity index (χ2n) is 9.47. The first-order valence-corrected chi connectivity index (χ1v) is 12.0. The third-order valence-electron chi connectivity index (χ3n) is 6.83. The fraction of sp³-hybridized carbons (Fsp3) is 0.129. The molecule has 0 aliphatic carbocycles. The Balaban J connectivity index is 1.38. The third kappa shape index (κ3) is 4.51. The van der Waals surface area contributed by atoms with Gasteiger partial charge in [-0.1, -0.05) is 42.0 Å². The molecule has 2 aromatic heterocycles. The molecule has 0 unspecified atom stereocenters. The average Bonchev–Trinajstić information content (AvgIpc) is 3.26. The maximum absolute atomic E-state index is 12.5. The largest absolute Gasteiger partial charge is 0.573 e. The lowest BCUT2D eigenvalue weighted by molar-refractivity contribution is -0.643. The highest BCUT2D eigenvalue weighted by atomic mass is 19.4. The zero-order valence-electron chi connectivity index (χ0n) is 20.4. The standard InChI is InChI=1S/C31H24F3N2O/c1-20-3-6-25-19-35(2)29-12-9-23(16-28(29)27(25)15-20)24-8-7-22-13-14-36(30(22)17-24)18-21-4-10-26(11-5-21)37-31(32,33)34/h3-17,19H,18H2,1-2H3/q+1. The van der Waals surface area contributed by atoms with Crippen LogP contribution >= 0.6 is 0 Å². The Morgan fingerprint density at radius 2 is 1.51 bits per heavy atom. The second-order valence-corrected chi connectivity index (χ2v) is 9.47. The van der Waals surface area contributed by atoms with Gasteiger partial charge in [-0.15, -0.1) is 13.2 Å². The molecule has 37 heavy (non-hydrogen) atoms. The zero-order chi connectivity index (χ0) is 25.7. The van der Waals surface area contributed by atoms with Crippen LogP contribution in [0.5, 0.6) is 5.75 Å². The summed E-state index contributed by atoms with van der Waals surface area (Å²) in [5.74, 6) is -0.219. The van der Waals surface area contributed by atoms with E-state index in [-0.39, 0.29) is 5.75 Å². The average molecular weight is 498 g/mol. The minimum atomic E-state index is -4.69. The van der Waals surface area contributed by atoms with Crippen molar-refractivity contribution in [1.29, 1.82) is 0 Å². The molecule has 184 valence electrons. The molecule has 0 saturated heterocycles. The van der Waals surface area contributed by atoms with Crippen LogP contribution in [-0.4, -0.2) is 10.9 Å². The fourth-order valence-electron chi connectivity index (χ4n) is 5.03. The van der Waals surface area contributed by atoms with Gasteiger partial charge in [-0.25, -0.2) is 4.57 Å². The number of ether oxygens (including phenoxy) is 1. The molecule has 6 rings (SSSR count). The summed E-state index contributed by atoms with van der Waals surface area (Å²) in [4.78, 5) is 0. The number of pyridine rings is 1. The van der Waals surface area contributed by atoms with Gasteiger partial charge in [0.25, 0.3) is 0 Å². The summed E-state index contributed by atoms with van der Waals surface area (Å²) in [5.41, 5.74) is 6.58. The summed E-state index contributed by atoms with van der Waals surface area (Å²) >= 11 is 0. The highest BCUT2D eigenvalue weighted by Gasteiger charge is 2.30. The summed E-state index contributed by atoms with van der Waals surface area (Å²) < 4.78 is 45.7. The van der Waals surface area contributed by atoms with Crippen LogP contribution in [0.4, 0.5) is 13.2 Å². The van der Waals surface area contributed by atoms with Crippen molar-refractivity contribution >= 4 is 32.6 Å². The molecule has 0 aliphatic rings. The van der Waals surface area contributed by atoms with Gasteiger partial charge in [-0.05, 0) is 71.5 Å².